The number of carbonyl (C=O) groups excluding carboxylic acids is 1. The minimum Gasteiger partial charge on any atom is -0.493 e. The SMILES string of the molecule is CNC(=O)C(C#N)=Cc1ccc2[nH]nc(-c3cc(OC)c(OC)c(OC)c3)c2c1. The number of rotatable bonds is 6. The molecule has 0 saturated heterocycles. The molecular weight excluding hydrogens is 372 g/mol. The van der Waals surface area contributed by atoms with Crippen LogP contribution in [0, 0.1) is 11.3 Å². The van der Waals surface area contributed by atoms with E-state index in [1.807, 2.05) is 30.3 Å². The van der Waals surface area contributed by atoms with Gasteiger partial charge in [-0.15, -0.1) is 0 Å². The molecule has 29 heavy (non-hydrogen) atoms. The quantitative estimate of drug-likeness (QED) is 0.493. The van der Waals surface area contributed by atoms with Gasteiger partial charge in [-0.05, 0) is 35.9 Å². The van der Waals surface area contributed by atoms with E-state index in [0.717, 1.165) is 16.5 Å². The lowest BCUT2D eigenvalue weighted by atomic mass is 10.0. The maximum Gasteiger partial charge on any atom is 0.261 e. The molecule has 0 aliphatic carbocycles. The fraction of sp³-hybridized carbons (Fsp3) is 0.190. The van der Waals surface area contributed by atoms with Crippen molar-refractivity contribution in [2.24, 2.45) is 0 Å². The number of fused-ring (bicyclic) bond motifs is 1. The second-order valence-corrected chi connectivity index (χ2v) is 6.04. The molecule has 0 bridgehead atoms. The minimum atomic E-state index is -0.440. The average Bonchev–Trinajstić information content (AvgIpc) is 3.18. The van der Waals surface area contributed by atoms with E-state index in [0.29, 0.717) is 28.5 Å². The minimum absolute atomic E-state index is 0.0182. The highest BCUT2D eigenvalue weighted by Crippen LogP contribution is 2.42. The largest absolute Gasteiger partial charge is 0.493 e. The summed E-state index contributed by atoms with van der Waals surface area (Å²) in [5.41, 5.74) is 2.97. The van der Waals surface area contributed by atoms with Crippen LogP contribution < -0.4 is 19.5 Å². The Bertz CT molecular complexity index is 1120. The van der Waals surface area contributed by atoms with Gasteiger partial charge in [0.2, 0.25) is 5.75 Å². The van der Waals surface area contributed by atoms with Gasteiger partial charge in [0.05, 0.1) is 26.8 Å². The highest BCUT2D eigenvalue weighted by molar-refractivity contribution is 6.02. The molecule has 3 rings (SSSR count). The monoisotopic (exact) mass is 392 g/mol. The Morgan fingerprint density at radius 1 is 1.14 bits per heavy atom. The van der Waals surface area contributed by atoms with Crippen LogP contribution in [0.4, 0.5) is 0 Å². The number of nitrogens with zero attached hydrogens (tertiary/aromatic N) is 2. The normalized spacial score (nSPS) is 11.1. The third-order valence-electron chi connectivity index (χ3n) is 4.43. The smallest absolute Gasteiger partial charge is 0.261 e. The number of ether oxygens (including phenoxy) is 3. The molecule has 0 aliphatic rings. The molecular formula is C21H20N4O4. The summed E-state index contributed by atoms with van der Waals surface area (Å²) in [5, 5.41) is 19.9. The Morgan fingerprint density at radius 3 is 2.38 bits per heavy atom. The Morgan fingerprint density at radius 2 is 1.83 bits per heavy atom. The summed E-state index contributed by atoms with van der Waals surface area (Å²) in [4.78, 5) is 11.8. The van der Waals surface area contributed by atoms with Crippen molar-refractivity contribution in [3.05, 3.63) is 41.5 Å². The van der Waals surface area contributed by atoms with Crippen LogP contribution in [0.3, 0.4) is 0 Å². The first-order valence-corrected chi connectivity index (χ1v) is 8.68. The Labute approximate surface area is 167 Å². The molecule has 3 aromatic rings. The van der Waals surface area contributed by atoms with E-state index in [1.165, 1.54) is 13.1 Å². The molecule has 0 radical (unpaired) electrons. The molecule has 0 spiro atoms. The molecule has 1 amide bonds. The first kappa shape index (κ1) is 19.8. The fourth-order valence-electron chi connectivity index (χ4n) is 3.01. The van der Waals surface area contributed by atoms with E-state index in [1.54, 1.807) is 27.4 Å². The summed E-state index contributed by atoms with van der Waals surface area (Å²) in [6, 6.07) is 11.0. The number of aromatic nitrogens is 2. The van der Waals surface area contributed by atoms with E-state index in [4.69, 9.17) is 14.2 Å². The van der Waals surface area contributed by atoms with Gasteiger partial charge < -0.3 is 19.5 Å². The van der Waals surface area contributed by atoms with Crippen LogP contribution in [0.25, 0.3) is 28.2 Å². The Balaban J connectivity index is 2.16. The van der Waals surface area contributed by atoms with Crippen molar-refractivity contribution < 1.29 is 19.0 Å². The summed E-state index contributed by atoms with van der Waals surface area (Å²) in [6.07, 6.45) is 1.53. The van der Waals surface area contributed by atoms with Crippen LogP contribution in [-0.2, 0) is 4.79 Å². The summed E-state index contributed by atoms with van der Waals surface area (Å²) in [5.74, 6) is 1.08. The summed E-state index contributed by atoms with van der Waals surface area (Å²) in [6.45, 7) is 0. The average molecular weight is 392 g/mol. The molecule has 2 aromatic carbocycles. The van der Waals surface area contributed by atoms with Gasteiger partial charge in [-0.25, -0.2) is 0 Å². The van der Waals surface area contributed by atoms with Crippen LogP contribution in [0.1, 0.15) is 5.56 Å². The second-order valence-electron chi connectivity index (χ2n) is 6.04. The van der Waals surface area contributed by atoms with Crippen molar-refractivity contribution in [3.8, 4) is 34.6 Å². The van der Waals surface area contributed by atoms with Crippen molar-refractivity contribution >= 4 is 22.9 Å². The van der Waals surface area contributed by atoms with Crippen molar-refractivity contribution in [1.29, 1.82) is 5.26 Å². The zero-order valence-corrected chi connectivity index (χ0v) is 16.5. The number of nitriles is 1. The number of H-pyrrole nitrogens is 1. The fourth-order valence-corrected chi connectivity index (χ4v) is 3.01. The van der Waals surface area contributed by atoms with Gasteiger partial charge >= 0.3 is 0 Å². The number of likely N-dealkylation sites (N-methyl/N-ethyl adjacent to an activating group) is 1. The van der Waals surface area contributed by atoms with Crippen molar-refractivity contribution in [2.45, 2.75) is 0 Å². The van der Waals surface area contributed by atoms with Gasteiger partial charge in [-0.1, -0.05) is 6.07 Å². The number of methoxy groups -OCH3 is 3. The number of nitrogens with one attached hydrogen (secondary N) is 2. The zero-order valence-electron chi connectivity index (χ0n) is 16.5. The highest BCUT2D eigenvalue weighted by atomic mass is 16.5. The summed E-state index contributed by atoms with van der Waals surface area (Å²) >= 11 is 0. The second kappa shape index (κ2) is 8.35. The van der Waals surface area contributed by atoms with Crippen LogP contribution in [0.2, 0.25) is 0 Å². The molecule has 0 atom stereocenters. The van der Waals surface area contributed by atoms with E-state index >= 15 is 0 Å². The van der Waals surface area contributed by atoms with Gasteiger partial charge in [0.15, 0.2) is 11.5 Å². The van der Waals surface area contributed by atoms with Crippen LogP contribution in [-0.4, -0.2) is 44.5 Å². The van der Waals surface area contributed by atoms with Gasteiger partial charge in [0, 0.05) is 18.0 Å². The van der Waals surface area contributed by atoms with Gasteiger partial charge in [-0.2, -0.15) is 10.4 Å². The van der Waals surface area contributed by atoms with Crippen molar-refractivity contribution in [1.82, 2.24) is 15.5 Å². The molecule has 0 unspecified atom stereocenters. The van der Waals surface area contributed by atoms with Gasteiger partial charge in [0.1, 0.15) is 17.3 Å². The van der Waals surface area contributed by atoms with Crippen molar-refractivity contribution in [3.63, 3.8) is 0 Å². The predicted molar refractivity (Wildman–Crippen MR) is 109 cm³/mol. The number of carbonyl (C=O) groups is 1. The van der Waals surface area contributed by atoms with E-state index in [2.05, 4.69) is 15.5 Å². The van der Waals surface area contributed by atoms with E-state index in [-0.39, 0.29) is 5.57 Å². The number of benzene rings is 2. The van der Waals surface area contributed by atoms with E-state index in [9.17, 15) is 10.1 Å². The number of aromatic amines is 1. The van der Waals surface area contributed by atoms with Gasteiger partial charge in [0.25, 0.3) is 5.91 Å². The van der Waals surface area contributed by atoms with Crippen LogP contribution in [0.5, 0.6) is 17.2 Å². The van der Waals surface area contributed by atoms with E-state index < -0.39 is 5.91 Å². The molecule has 2 N–H and O–H groups in total. The third kappa shape index (κ3) is 3.71. The maximum atomic E-state index is 11.8. The third-order valence-corrected chi connectivity index (χ3v) is 4.43. The molecule has 1 aromatic heterocycles. The Hall–Kier alpha value is -3.99. The first-order chi connectivity index (χ1) is 14.1. The highest BCUT2D eigenvalue weighted by Gasteiger charge is 2.17. The lowest BCUT2D eigenvalue weighted by molar-refractivity contribution is -0.116. The Kier molecular flexibility index (Phi) is 5.69. The molecule has 148 valence electrons. The molecule has 0 saturated carbocycles. The lowest BCUT2D eigenvalue weighted by Crippen LogP contribution is -2.19. The van der Waals surface area contributed by atoms with Crippen molar-refractivity contribution in [2.75, 3.05) is 28.4 Å². The first-order valence-electron chi connectivity index (χ1n) is 8.68. The molecule has 0 aliphatic heterocycles. The number of hydrogen-bond donors (Lipinski definition) is 2. The molecule has 8 heteroatoms. The standard InChI is InChI=1S/C21H20N4O4/c1-23-21(26)14(11-22)7-12-5-6-16-15(8-12)19(25-24-16)13-9-17(27-2)20(29-4)18(10-13)28-3/h5-10H,1-4H3,(H,23,26)(H,24,25). The van der Waals surface area contributed by atoms with Crippen LogP contribution >= 0.6 is 0 Å². The van der Waals surface area contributed by atoms with Crippen LogP contribution in [0.15, 0.2) is 35.9 Å². The lowest BCUT2D eigenvalue weighted by Gasteiger charge is -2.13. The molecule has 1 heterocycles. The summed E-state index contributed by atoms with van der Waals surface area (Å²) in [7, 11) is 6.13. The maximum absolute atomic E-state index is 11.8. The zero-order chi connectivity index (χ0) is 21.0. The topological polar surface area (TPSA) is 109 Å². The number of amides is 1. The van der Waals surface area contributed by atoms with Gasteiger partial charge in [-0.3, -0.25) is 9.89 Å². The summed E-state index contributed by atoms with van der Waals surface area (Å²) < 4.78 is 16.2. The molecule has 0 fully saturated rings. The number of hydrogen-bond acceptors (Lipinski definition) is 6. The predicted octanol–water partition coefficient (Wildman–Crippen LogP) is 2.91. The molecule has 8 nitrogen and oxygen atoms in total.